The lowest BCUT2D eigenvalue weighted by Crippen LogP contribution is -2.45. The van der Waals surface area contributed by atoms with Crippen molar-refractivity contribution in [2.45, 2.75) is 19.3 Å². The Hall–Kier alpha value is -0.120. The van der Waals surface area contributed by atoms with Crippen LogP contribution in [0.2, 0.25) is 0 Å². The van der Waals surface area contributed by atoms with E-state index < -0.39 is 0 Å². The molecule has 0 saturated carbocycles. The molecule has 2 rings (SSSR count). The number of rotatable bonds is 3. The lowest BCUT2D eigenvalue weighted by molar-refractivity contribution is 0.0747. The molecule has 0 amide bonds. The smallest absolute Gasteiger partial charge is 0.0589 e. The van der Waals surface area contributed by atoms with Crippen molar-refractivity contribution < 1.29 is 4.74 Å². The Labute approximate surface area is 86.8 Å². The summed E-state index contributed by atoms with van der Waals surface area (Å²) in [6.45, 7) is 6.99. The molecule has 0 bridgehead atoms. The molecule has 14 heavy (non-hydrogen) atoms. The molecule has 82 valence electrons. The van der Waals surface area contributed by atoms with Gasteiger partial charge in [0.15, 0.2) is 0 Å². The Morgan fingerprint density at radius 3 is 3.07 bits per heavy atom. The van der Waals surface area contributed by atoms with Gasteiger partial charge in [0.05, 0.1) is 6.61 Å². The first-order valence-electron chi connectivity index (χ1n) is 5.77. The van der Waals surface area contributed by atoms with Gasteiger partial charge in [0, 0.05) is 26.7 Å². The van der Waals surface area contributed by atoms with Gasteiger partial charge < -0.3 is 15.0 Å². The van der Waals surface area contributed by atoms with Gasteiger partial charge >= 0.3 is 0 Å². The van der Waals surface area contributed by atoms with Crippen molar-refractivity contribution in [3.05, 3.63) is 0 Å². The number of piperidine rings is 1. The summed E-state index contributed by atoms with van der Waals surface area (Å²) >= 11 is 0. The maximum absolute atomic E-state index is 5.14. The van der Waals surface area contributed by atoms with Crippen LogP contribution >= 0.6 is 0 Å². The Morgan fingerprint density at radius 2 is 2.36 bits per heavy atom. The SMILES string of the molecule is COCCN1CCCC2(CCNC2)C1. The number of methoxy groups -OCH3 is 1. The van der Waals surface area contributed by atoms with Gasteiger partial charge in [0.2, 0.25) is 0 Å². The van der Waals surface area contributed by atoms with E-state index in [1.807, 2.05) is 0 Å². The fraction of sp³-hybridized carbons (Fsp3) is 1.00. The third-order valence-corrected chi connectivity index (χ3v) is 3.68. The van der Waals surface area contributed by atoms with E-state index in [-0.39, 0.29) is 0 Å². The Balaban J connectivity index is 1.83. The molecule has 0 aromatic rings. The zero-order valence-corrected chi connectivity index (χ0v) is 9.22. The van der Waals surface area contributed by atoms with Crippen molar-refractivity contribution in [2.75, 3.05) is 46.4 Å². The Morgan fingerprint density at radius 1 is 1.43 bits per heavy atom. The first kappa shape index (κ1) is 10.4. The van der Waals surface area contributed by atoms with E-state index in [0.29, 0.717) is 5.41 Å². The third-order valence-electron chi connectivity index (χ3n) is 3.68. The summed E-state index contributed by atoms with van der Waals surface area (Å²) in [5.41, 5.74) is 0.603. The largest absolute Gasteiger partial charge is 0.383 e. The molecule has 0 aromatic carbocycles. The minimum absolute atomic E-state index is 0.603. The molecule has 2 saturated heterocycles. The molecule has 0 aliphatic carbocycles. The highest BCUT2D eigenvalue weighted by molar-refractivity contribution is 4.93. The van der Waals surface area contributed by atoms with Crippen LogP contribution in [0.5, 0.6) is 0 Å². The van der Waals surface area contributed by atoms with Crippen LogP contribution in [0.3, 0.4) is 0 Å². The van der Waals surface area contributed by atoms with Gasteiger partial charge in [-0.25, -0.2) is 0 Å². The van der Waals surface area contributed by atoms with Gasteiger partial charge in [0.25, 0.3) is 0 Å². The molecule has 0 aromatic heterocycles. The molecule has 1 atom stereocenters. The summed E-state index contributed by atoms with van der Waals surface area (Å²) in [5, 5.41) is 3.50. The van der Waals surface area contributed by atoms with Crippen LogP contribution < -0.4 is 5.32 Å². The second-order valence-electron chi connectivity index (χ2n) is 4.80. The summed E-state index contributed by atoms with van der Waals surface area (Å²) in [6.07, 6.45) is 4.16. The van der Waals surface area contributed by atoms with E-state index in [2.05, 4.69) is 10.2 Å². The number of hydrogen-bond donors (Lipinski definition) is 1. The highest BCUT2D eigenvalue weighted by Crippen LogP contribution is 2.35. The quantitative estimate of drug-likeness (QED) is 0.723. The monoisotopic (exact) mass is 198 g/mol. The van der Waals surface area contributed by atoms with Crippen LogP contribution in [-0.2, 0) is 4.74 Å². The Kier molecular flexibility index (Phi) is 3.42. The topological polar surface area (TPSA) is 24.5 Å². The summed E-state index contributed by atoms with van der Waals surface area (Å²) in [7, 11) is 1.79. The van der Waals surface area contributed by atoms with Crippen molar-refractivity contribution in [3.63, 3.8) is 0 Å². The van der Waals surface area contributed by atoms with Crippen LogP contribution in [0.25, 0.3) is 0 Å². The molecule has 1 unspecified atom stereocenters. The second-order valence-corrected chi connectivity index (χ2v) is 4.80. The van der Waals surface area contributed by atoms with Gasteiger partial charge in [-0.15, -0.1) is 0 Å². The number of likely N-dealkylation sites (tertiary alicyclic amines) is 1. The molecule has 3 heteroatoms. The average molecular weight is 198 g/mol. The van der Waals surface area contributed by atoms with Crippen molar-refractivity contribution in [2.24, 2.45) is 5.41 Å². The van der Waals surface area contributed by atoms with Gasteiger partial charge in [-0.1, -0.05) is 0 Å². The normalized spacial score (nSPS) is 34.1. The number of nitrogens with zero attached hydrogens (tertiary/aromatic N) is 1. The van der Waals surface area contributed by atoms with Crippen molar-refractivity contribution in [3.8, 4) is 0 Å². The minimum Gasteiger partial charge on any atom is -0.383 e. The molecule has 2 aliphatic heterocycles. The molecule has 1 N–H and O–H groups in total. The first-order chi connectivity index (χ1) is 6.85. The second kappa shape index (κ2) is 4.60. The molecule has 3 nitrogen and oxygen atoms in total. The molecule has 2 heterocycles. The van der Waals surface area contributed by atoms with E-state index >= 15 is 0 Å². The predicted molar refractivity (Wildman–Crippen MR) is 57.5 cm³/mol. The fourth-order valence-electron chi connectivity index (χ4n) is 2.87. The number of hydrogen-bond acceptors (Lipinski definition) is 3. The maximum Gasteiger partial charge on any atom is 0.0589 e. The predicted octanol–water partition coefficient (Wildman–Crippen LogP) is 0.708. The van der Waals surface area contributed by atoms with Crippen LogP contribution in [0.4, 0.5) is 0 Å². The average Bonchev–Trinajstić information content (AvgIpc) is 2.63. The minimum atomic E-state index is 0.603. The summed E-state index contributed by atoms with van der Waals surface area (Å²) in [4.78, 5) is 2.57. The van der Waals surface area contributed by atoms with Gasteiger partial charge in [0.1, 0.15) is 0 Å². The molecular formula is C11H22N2O. The van der Waals surface area contributed by atoms with E-state index in [4.69, 9.17) is 4.74 Å². The number of ether oxygens (including phenoxy) is 1. The third kappa shape index (κ3) is 2.27. The zero-order chi connectivity index (χ0) is 9.86. The summed E-state index contributed by atoms with van der Waals surface area (Å²) < 4.78 is 5.14. The van der Waals surface area contributed by atoms with Crippen LogP contribution in [0, 0.1) is 5.41 Å². The van der Waals surface area contributed by atoms with Gasteiger partial charge in [-0.3, -0.25) is 0 Å². The van der Waals surface area contributed by atoms with Crippen molar-refractivity contribution in [1.29, 1.82) is 0 Å². The highest BCUT2D eigenvalue weighted by atomic mass is 16.5. The fourth-order valence-corrected chi connectivity index (χ4v) is 2.87. The van der Waals surface area contributed by atoms with Crippen molar-refractivity contribution >= 4 is 0 Å². The van der Waals surface area contributed by atoms with E-state index in [1.54, 1.807) is 7.11 Å². The van der Waals surface area contributed by atoms with Crippen LogP contribution in [0.15, 0.2) is 0 Å². The molecule has 1 spiro atoms. The number of nitrogens with one attached hydrogen (secondary N) is 1. The molecule has 2 aliphatic rings. The van der Waals surface area contributed by atoms with Crippen molar-refractivity contribution in [1.82, 2.24) is 10.2 Å². The van der Waals surface area contributed by atoms with Crippen LogP contribution in [0.1, 0.15) is 19.3 Å². The van der Waals surface area contributed by atoms with E-state index in [0.717, 1.165) is 13.2 Å². The lowest BCUT2D eigenvalue weighted by Gasteiger charge is -2.39. The Bertz CT molecular complexity index is 178. The van der Waals surface area contributed by atoms with Gasteiger partial charge in [-0.2, -0.15) is 0 Å². The first-order valence-corrected chi connectivity index (χ1v) is 5.77. The molecule has 0 radical (unpaired) electrons. The standard InChI is InChI=1S/C11H22N2O/c1-14-8-7-13-6-2-3-11(10-13)4-5-12-9-11/h12H,2-10H2,1H3. The van der Waals surface area contributed by atoms with Gasteiger partial charge in [-0.05, 0) is 37.8 Å². The summed E-state index contributed by atoms with van der Waals surface area (Å²) in [5.74, 6) is 0. The highest BCUT2D eigenvalue weighted by Gasteiger charge is 2.37. The molecular weight excluding hydrogens is 176 g/mol. The molecule has 2 fully saturated rings. The van der Waals surface area contributed by atoms with E-state index in [1.165, 1.54) is 45.4 Å². The van der Waals surface area contributed by atoms with Crippen LogP contribution in [-0.4, -0.2) is 51.3 Å². The lowest BCUT2D eigenvalue weighted by atomic mass is 9.79. The summed E-state index contributed by atoms with van der Waals surface area (Å²) in [6, 6.07) is 0. The zero-order valence-electron chi connectivity index (χ0n) is 9.22. The maximum atomic E-state index is 5.14. The van der Waals surface area contributed by atoms with E-state index in [9.17, 15) is 0 Å².